The summed E-state index contributed by atoms with van der Waals surface area (Å²) in [6.45, 7) is 1.72. The van der Waals surface area contributed by atoms with Gasteiger partial charge >= 0.3 is 0 Å². The van der Waals surface area contributed by atoms with Gasteiger partial charge in [0.2, 0.25) is 0 Å². The average molecular weight is 270 g/mol. The Bertz CT molecular complexity index is 351. The van der Waals surface area contributed by atoms with E-state index in [1.54, 1.807) is 7.11 Å². The van der Waals surface area contributed by atoms with Crippen LogP contribution >= 0.6 is 11.3 Å². The number of hydrogen-bond donors (Lipinski definition) is 2. The summed E-state index contributed by atoms with van der Waals surface area (Å²) in [5.41, 5.74) is 0. The molecule has 0 spiro atoms. The van der Waals surface area contributed by atoms with Crippen molar-refractivity contribution in [2.45, 2.75) is 44.2 Å². The van der Waals surface area contributed by atoms with Crippen LogP contribution < -0.4 is 5.32 Å². The van der Waals surface area contributed by atoms with E-state index in [9.17, 15) is 5.11 Å². The van der Waals surface area contributed by atoms with Gasteiger partial charge in [0.05, 0.1) is 17.7 Å². The summed E-state index contributed by atoms with van der Waals surface area (Å²) in [6, 6.07) is 0. The molecule has 5 heteroatoms. The Morgan fingerprint density at radius 1 is 1.56 bits per heavy atom. The molecular weight excluding hydrogens is 248 g/mol. The molecule has 18 heavy (non-hydrogen) atoms. The molecule has 1 aliphatic carbocycles. The molecule has 1 saturated carbocycles. The van der Waals surface area contributed by atoms with Crippen LogP contribution in [0.4, 0.5) is 0 Å². The summed E-state index contributed by atoms with van der Waals surface area (Å²) < 4.78 is 4.88. The van der Waals surface area contributed by atoms with Gasteiger partial charge in [0.15, 0.2) is 0 Å². The van der Waals surface area contributed by atoms with Crippen molar-refractivity contribution in [1.82, 2.24) is 10.3 Å². The number of aliphatic hydroxyl groups is 1. The van der Waals surface area contributed by atoms with Crippen molar-refractivity contribution in [3.8, 4) is 0 Å². The van der Waals surface area contributed by atoms with E-state index in [2.05, 4.69) is 10.3 Å². The molecule has 0 bridgehead atoms. The fourth-order valence-electron chi connectivity index (χ4n) is 2.38. The molecule has 0 aromatic carbocycles. The van der Waals surface area contributed by atoms with Crippen LogP contribution in [0.25, 0.3) is 0 Å². The molecular formula is C13H22N2O2S. The van der Waals surface area contributed by atoms with Crippen molar-refractivity contribution in [3.63, 3.8) is 0 Å². The zero-order valence-corrected chi connectivity index (χ0v) is 11.7. The number of hydrogen-bond acceptors (Lipinski definition) is 5. The summed E-state index contributed by atoms with van der Waals surface area (Å²) in [7, 11) is 1.60. The van der Waals surface area contributed by atoms with Crippen molar-refractivity contribution in [2.75, 3.05) is 20.3 Å². The lowest BCUT2D eigenvalue weighted by molar-refractivity contribution is 0.0644. The second-order valence-corrected chi connectivity index (χ2v) is 6.03. The highest BCUT2D eigenvalue weighted by Gasteiger charge is 2.19. The average Bonchev–Trinajstić information content (AvgIpc) is 2.99. The maximum absolute atomic E-state index is 9.51. The highest BCUT2D eigenvalue weighted by atomic mass is 32.1. The number of rotatable bonds is 7. The molecule has 1 aliphatic rings. The predicted octanol–water partition coefficient (Wildman–Crippen LogP) is 1.90. The summed E-state index contributed by atoms with van der Waals surface area (Å²) >= 11 is 1.81. The minimum Gasteiger partial charge on any atom is -0.389 e. The first kappa shape index (κ1) is 13.9. The van der Waals surface area contributed by atoms with E-state index in [1.807, 2.05) is 17.5 Å². The maximum Gasteiger partial charge on any atom is 0.0959 e. The number of aliphatic hydroxyl groups excluding tert-OH is 1. The van der Waals surface area contributed by atoms with Crippen LogP contribution in [-0.2, 0) is 11.3 Å². The van der Waals surface area contributed by atoms with Crippen LogP contribution in [0.2, 0.25) is 0 Å². The highest BCUT2D eigenvalue weighted by Crippen LogP contribution is 2.35. The third-order valence-corrected chi connectivity index (χ3v) is 4.47. The van der Waals surface area contributed by atoms with Gasteiger partial charge in [0.25, 0.3) is 0 Å². The number of thiazole rings is 1. The molecule has 0 saturated heterocycles. The van der Waals surface area contributed by atoms with Crippen molar-refractivity contribution >= 4 is 11.3 Å². The first-order valence-electron chi connectivity index (χ1n) is 6.62. The van der Waals surface area contributed by atoms with E-state index in [0.29, 0.717) is 19.1 Å². The van der Waals surface area contributed by atoms with Gasteiger partial charge in [0.1, 0.15) is 0 Å². The third-order valence-electron chi connectivity index (χ3n) is 3.31. The lowest BCUT2D eigenvalue weighted by Gasteiger charge is -2.09. The molecule has 0 aliphatic heterocycles. The Hall–Kier alpha value is -0.490. The van der Waals surface area contributed by atoms with Gasteiger partial charge in [-0.05, 0) is 12.8 Å². The summed E-state index contributed by atoms with van der Waals surface area (Å²) in [6.07, 6.45) is 6.83. The second kappa shape index (κ2) is 7.19. The number of methoxy groups -OCH3 is 1. The van der Waals surface area contributed by atoms with Crippen LogP contribution in [0.1, 0.15) is 41.5 Å². The normalized spacial score (nSPS) is 18.3. The Labute approximate surface area is 112 Å². The molecule has 0 amide bonds. The van der Waals surface area contributed by atoms with Crippen LogP contribution in [0.5, 0.6) is 0 Å². The number of nitrogens with one attached hydrogen (secondary N) is 1. The fraction of sp³-hybridized carbons (Fsp3) is 0.769. The monoisotopic (exact) mass is 270 g/mol. The van der Waals surface area contributed by atoms with E-state index in [1.165, 1.54) is 35.6 Å². The van der Waals surface area contributed by atoms with Gasteiger partial charge in [-0.1, -0.05) is 12.8 Å². The first-order valence-corrected chi connectivity index (χ1v) is 7.43. The van der Waals surface area contributed by atoms with Gasteiger partial charge in [-0.2, -0.15) is 0 Å². The summed E-state index contributed by atoms with van der Waals surface area (Å²) in [5.74, 6) is 0.697. The zero-order chi connectivity index (χ0) is 12.8. The Balaban J connectivity index is 1.73. The molecule has 1 heterocycles. The summed E-state index contributed by atoms with van der Waals surface area (Å²) in [4.78, 5) is 5.78. The van der Waals surface area contributed by atoms with Gasteiger partial charge in [-0.15, -0.1) is 11.3 Å². The van der Waals surface area contributed by atoms with Gasteiger partial charge in [0, 0.05) is 37.2 Å². The van der Waals surface area contributed by atoms with E-state index in [0.717, 1.165) is 6.54 Å². The molecule has 2 rings (SSSR count). The molecule has 1 atom stereocenters. The second-order valence-electron chi connectivity index (χ2n) is 4.89. The summed E-state index contributed by atoms with van der Waals surface area (Å²) in [5, 5.41) is 14.0. The molecule has 102 valence electrons. The number of ether oxygens (including phenoxy) is 1. The SMILES string of the molecule is COCC(O)CNCc1cnc(C2CCCC2)s1. The van der Waals surface area contributed by atoms with Crippen LogP contribution in [-0.4, -0.2) is 36.5 Å². The molecule has 1 aromatic heterocycles. The van der Waals surface area contributed by atoms with Gasteiger partial charge < -0.3 is 15.2 Å². The largest absolute Gasteiger partial charge is 0.389 e. The van der Waals surface area contributed by atoms with Crippen molar-refractivity contribution < 1.29 is 9.84 Å². The quantitative estimate of drug-likeness (QED) is 0.794. The Morgan fingerprint density at radius 3 is 3.06 bits per heavy atom. The molecule has 0 radical (unpaired) electrons. The molecule has 1 fully saturated rings. The predicted molar refractivity (Wildman–Crippen MR) is 72.9 cm³/mol. The molecule has 2 N–H and O–H groups in total. The maximum atomic E-state index is 9.51. The lowest BCUT2D eigenvalue weighted by atomic mass is 10.1. The van der Waals surface area contributed by atoms with E-state index < -0.39 is 6.10 Å². The molecule has 4 nitrogen and oxygen atoms in total. The van der Waals surface area contributed by atoms with Crippen LogP contribution in [0, 0.1) is 0 Å². The minimum absolute atomic E-state index is 0.378. The number of nitrogens with zero attached hydrogens (tertiary/aromatic N) is 1. The van der Waals surface area contributed by atoms with Crippen molar-refractivity contribution in [1.29, 1.82) is 0 Å². The van der Waals surface area contributed by atoms with Gasteiger partial charge in [-0.3, -0.25) is 0 Å². The Kier molecular flexibility index (Phi) is 5.56. The first-order chi connectivity index (χ1) is 8.79. The lowest BCUT2D eigenvalue weighted by Crippen LogP contribution is -2.29. The minimum atomic E-state index is -0.433. The van der Waals surface area contributed by atoms with Crippen molar-refractivity contribution in [3.05, 3.63) is 16.1 Å². The van der Waals surface area contributed by atoms with E-state index in [4.69, 9.17) is 4.74 Å². The fourth-order valence-corrected chi connectivity index (χ4v) is 3.44. The van der Waals surface area contributed by atoms with Crippen LogP contribution in [0.15, 0.2) is 6.20 Å². The highest BCUT2D eigenvalue weighted by molar-refractivity contribution is 7.11. The standard InChI is InChI=1S/C13H22N2O2S/c1-17-9-11(16)6-14-7-12-8-15-13(18-12)10-4-2-3-5-10/h8,10-11,14,16H,2-7,9H2,1H3. The van der Waals surface area contributed by atoms with Gasteiger partial charge in [-0.25, -0.2) is 4.98 Å². The molecule has 1 unspecified atom stereocenters. The Morgan fingerprint density at radius 2 is 2.33 bits per heavy atom. The third kappa shape index (κ3) is 4.02. The smallest absolute Gasteiger partial charge is 0.0959 e. The number of aromatic nitrogens is 1. The van der Waals surface area contributed by atoms with Crippen LogP contribution in [0.3, 0.4) is 0 Å². The molecule has 1 aromatic rings. The topological polar surface area (TPSA) is 54.4 Å². The zero-order valence-electron chi connectivity index (χ0n) is 10.9. The van der Waals surface area contributed by atoms with E-state index in [-0.39, 0.29) is 0 Å². The van der Waals surface area contributed by atoms with E-state index >= 15 is 0 Å². The van der Waals surface area contributed by atoms with Crippen molar-refractivity contribution in [2.24, 2.45) is 0 Å².